The highest BCUT2D eigenvalue weighted by atomic mass is 32.1. The van der Waals surface area contributed by atoms with Gasteiger partial charge >= 0.3 is 5.97 Å². The molecule has 6 heteroatoms. The van der Waals surface area contributed by atoms with E-state index in [0.717, 1.165) is 34.7 Å². The van der Waals surface area contributed by atoms with Crippen LogP contribution in [0.25, 0.3) is 10.2 Å². The third-order valence-electron chi connectivity index (χ3n) is 4.19. The Hall–Kier alpha value is -2.44. The number of nitrogens with zero attached hydrogens (tertiary/aromatic N) is 1. The molecule has 0 aliphatic carbocycles. The van der Waals surface area contributed by atoms with E-state index in [1.165, 1.54) is 11.3 Å². The summed E-state index contributed by atoms with van der Waals surface area (Å²) < 4.78 is 17.8. The Labute approximate surface area is 155 Å². The van der Waals surface area contributed by atoms with Crippen molar-refractivity contribution in [3.05, 3.63) is 59.1 Å². The van der Waals surface area contributed by atoms with Crippen LogP contribution in [0.2, 0.25) is 0 Å². The van der Waals surface area contributed by atoms with Crippen molar-refractivity contribution < 1.29 is 19.0 Å². The van der Waals surface area contributed by atoms with Crippen LogP contribution in [-0.4, -0.2) is 30.3 Å². The number of aromatic nitrogens is 1. The summed E-state index contributed by atoms with van der Waals surface area (Å²) in [5.41, 5.74) is 1.39. The Morgan fingerprint density at radius 1 is 1.23 bits per heavy atom. The van der Waals surface area contributed by atoms with Crippen LogP contribution in [0.1, 0.15) is 28.2 Å². The summed E-state index contributed by atoms with van der Waals surface area (Å²) in [5, 5.41) is 0.783. The third kappa shape index (κ3) is 4.03. The maximum atomic E-state index is 12.3. The molecular weight excluding hydrogens is 350 g/mol. The maximum absolute atomic E-state index is 12.3. The Kier molecular flexibility index (Phi) is 5.13. The standard InChI is InChI=1S/C20H19NO4S/c22-20(25-13-19-21-17-8-1-2-9-18(17)26-19)14-5-3-6-15(11-14)24-12-16-7-4-10-23-16/h1-3,5-6,8-9,11,16H,4,7,10,12-13H2/t16-/m1/s1. The van der Waals surface area contributed by atoms with Gasteiger partial charge in [0.2, 0.25) is 0 Å². The first-order valence-corrected chi connectivity index (χ1v) is 9.45. The minimum absolute atomic E-state index is 0.143. The van der Waals surface area contributed by atoms with Gasteiger partial charge in [-0.25, -0.2) is 9.78 Å². The molecule has 1 fully saturated rings. The Balaban J connectivity index is 1.35. The highest BCUT2D eigenvalue weighted by molar-refractivity contribution is 7.18. The molecule has 0 saturated carbocycles. The fraction of sp³-hybridized carbons (Fsp3) is 0.300. The quantitative estimate of drug-likeness (QED) is 0.609. The molecule has 0 amide bonds. The van der Waals surface area contributed by atoms with E-state index in [9.17, 15) is 4.79 Å². The second kappa shape index (κ2) is 7.85. The van der Waals surface area contributed by atoms with E-state index in [-0.39, 0.29) is 18.7 Å². The zero-order valence-corrected chi connectivity index (χ0v) is 15.0. The van der Waals surface area contributed by atoms with E-state index in [4.69, 9.17) is 14.2 Å². The van der Waals surface area contributed by atoms with Crippen LogP contribution in [0.3, 0.4) is 0 Å². The summed E-state index contributed by atoms with van der Waals surface area (Å²) in [6.45, 7) is 1.47. The fourth-order valence-electron chi connectivity index (χ4n) is 2.87. The molecule has 0 unspecified atom stereocenters. The molecule has 3 aromatic rings. The lowest BCUT2D eigenvalue weighted by Crippen LogP contribution is -2.16. The smallest absolute Gasteiger partial charge is 0.338 e. The van der Waals surface area contributed by atoms with Gasteiger partial charge in [0.15, 0.2) is 0 Å². The molecule has 0 bridgehead atoms. The van der Waals surface area contributed by atoms with Gasteiger partial charge in [0.05, 0.1) is 21.9 Å². The molecule has 26 heavy (non-hydrogen) atoms. The second-order valence-electron chi connectivity index (χ2n) is 6.13. The minimum Gasteiger partial charge on any atom is -0.491 e. The van der Waals surface area contributed by atoms with Gasteiger partial charge in [0.1, 0.15) is 24.0 Å². The van der Waals surface area contributed by atoms with Crippen LogP contribution in [0, 0.1) is 0 Å². The molecule has 1 aliphatic heterocycles. The van der Waals surface area contributed by atoms with E-state index in [2.05, 4.69) is 4.98 Å². The number of fused-ring (bicyclic) bond motifs is 1. The van der Waals surface area contributed by atoms with Crippen LogP contribution < -0.4 is 4.74 Å². The van der Waals surface area contributed by atoms with Crippen LogP contribution in [-0.2, 0) is 16.1 Å². The number of esters is 1. The molecule has 1 saturated heterocycles. The largest absolute Gasteiger partial charge is 0.491 e. The minimum atomic E-state index is -0.383. The van der Waals surface area contributed by atoms with Gasteiger partial charge in [0, 0.05) is 6.61 Å². The molecule has 2 heterocycles. The summed E-state index contributed by atoms with van der Waals surface area (Å²) in [6.07, 6.45) is 2.24. The highest BCUT2D eigenvalue weighted by Gasteiger charge is 2.16. The summed E-state index contributed by atoms with van der Waals surface area (Å²) >= 11 is 1.53. The van der Waals surface area contributed by atoms with Crippen molar-refractivity contribution in [2.24, 2.45) is 0 Å². The number of hydrogen-bond acceptors (Lipinski definition) is 6. The van der Waals surface area contributed by atoms with Crippen molar-refractivity contribution in [1.82, 2.24) is 4.98 Å². The monoisotopic (exact) mass is 369 g/mol. The summed E-state index contributed by atoms with van der Waals surface area (Å²) in [7, 11) is 0. The van der Waals surface area contributed by atoms with Crippen LogP contribution in [0.5, 0.6) is 5.75 Å². The molecule has 4 rings (SSSR count). The number of para-hydroxylation sites is 1. The Morgan fingerprint density at radius 2 is 2.15 bits per heavy atom. The lowest BCUT2D eigenvalue weighted by atomic mass is 10.2. The van der Waals surface area contributed by atoms with Crippen molar-refractivity contribution in [2.45, 2.75) is 25.6 Å². The predicted molar refractivity (Wildman–Crippen MR) is 99.7 cm³/mol. The molecule has 0 radical (unpaired) electrons. The number of thiazole rings is 1. The van der Waals surface area contributed by atoms with Gasteiger partial charge in [-0.05, 0) is 43.2 Å². The molecule has 134 valence electrons. The SMILES string of the molecule is O=C(OCc1nc2ccccc2s1)c1cccc(OC[C@H]2CCCO2)c1. The zero-order valence-electron chi connectivity index (χ0n) is 14.2. The summed E-state index contributed by atoms with van der Waals surface area (Å²) in [5.74, 6) is 0.266. The van der Waals surface area contributed by atoms with Gasteiger partial charge in [0.25, 0.3) is 0 Å². The first kappa shape index (κ1) is 17.0. The van der Waals surface area contributed by atoms with Gasteiger partial charge in [-0.1, -0.05) is 18.2 Å². The first-order chi connectivity index (χ1) is 12.8. The van der Waals surface area contributed by atoms with Crippen molar-refractivity contribution in [3.63, 3.8) is 0 Å². The Bertz CT molecular complexity index is 868. The first-order valence-electron chi connectivity index (χ1n) is 8.64. The van der Waals surface area contributed by atoms with E-state index in [0.29, 0.717) is 17.9 Å². The van der Waals surface area contributed by atoms with Crippen molar-refractivity contribution in [1.29, 1.82) is 0 Å². The molecule has 1 aliphatic rings. The van der Waals surface area contributed by atoms with E-state index in [1.54, 1.807) is 18.2 Å². The van der Waals surface area contributed by atoms with E-state index in [1.807, 2.05) is 30.3 Å². The Morgan fingerprint density at radius 3 is 3.00 bits per heavy atom. The van der Waals surface area contributed by atoms with E-state index >= 15 is 0 Å². The maximum Gasteiger partial charge on any atom is 0.338 e. The van der Waals surface area contributed by atoms with Crippen LogP contribution >= 0.6 is 11.3 Å². The molecule has 1 aromatic heterocycles. The van der Waals surface area contributed by atoms with Gasteiger partial charge in [-0.15, -0.1) is 11.3 Å². The van der Waals surface area contributed by atoms with Gasteiger partial charge < -0.3 is 14.2 Å². The van der Waals surface area contributed by atoms with Gasteiger partial charge in [-0.3, -0.25) is 0 Å². The number of carbonyl (C=O) groups is 1. The topological polar surface area (TPSA) is 57.7 Å². The summed E-state index contributed by atoms with van der Waals surface area (Å²) in [4.78, 5) is 16.8. The molecular formula is C20H19NO4S. The third-order valence-corrected chi connectivity index (χ3v) is 5.20. The molecule has 1 atom stereocenters. The lowest BCUT2D eigenvalue weighted by Gasteiger charge is -2.12. The predicted octanol–water partition coefficient (Wildman–Crippen LogP) is 4.21. The molecule has 5 nitrogen and oxygen atoms in total. The van der Waals surface area contributed by atoms with E-state index < -0.39 is 0 Å². The number of hydrogen-bond donors (Lipinski definition) is 0. The number of ether oxygens (including phenoxy) is 3. The summed E-state index contributed by atoms with van der Waals surface area (Å²) in [6, 6.07) is 14.9. The molecule has 2 aromatic carbocycles. The normalized spacial score (nSPS) is 16.7. The molecule has 0 N–H and O–H groups in total. The number of carbonyl (C=O) groups excluding carboxylic acids is 1. The highest BCUT2D eigenvalue weighted by Crippen LogP contribution is 2.23. The average molecular weight is 369 g/mol. The average Bonchev–Trinajstić information content (AvgIpc) is 3.33. The number of rotatable bonds is 6. The molecule has 0 spiro atoms. The second-order valence-corrected chi connectivity index (χ2v) is 7.24. The van der Waals surface area contributed by atoms with Crippen LogP contribution in [0.15, 0.2) is 48.5 Å². The van der Waals surface area contributed by atoms with Crippen molar-refractivity contribution >= 4 is 27.5 Å². The van der Waals surface area contributed by atoms with Crippen molar-refractivity contribution in [3.8, 4) is 5.75 Å². The zero-order chi connectivity index (χ0) is 17.8. The lowest BCUT2D eigenvalue weighted by molar-refractivity contribution is 0.0471. The number of benzene rings is 2. The van der Waals surface area contributed by atoms with Gasteiger partial charge in [-0.2, -0.15) is 0 Å². The fourth-order valence-corrected chi connectivity index (χ4v) is 3.75. The van der Waals surface area contributed by atoms with Crippen molar-refractivity contribution in [2.75, 3.05) is 13.2 Å². The van der Waals surface area contributed by atoms with Crippen LogP contribution in [0.4, 0.5) is 0 Å².